The number of benzene rings is 1. The second-order valence-corrected chi connectivity index (χ2v) is 4.23. The van der Waals surface area contributed by atoms with Crippen molar-refractivity contribution in [1.29, 1.82) is 0 Å². The third kappa shape index (κ3) is 2.27. The number of methoxy groups -OCH3 is 2. The predicted octanol–water partition coefficient (Wildman–Crippen LogP) is 2.11. The van der Waals surface area contributed by atoms with Crippen LogP contribution in [-0.4, -0.2) is 25.9 Å². The van der Waals surface area contributed by atoms with Gasteiger partial charge in [0.05, 0.1) is 20.8 Å². The molecule has 4 heteroatoms. The fourth-order valence-electron chi connectivity index (χ4n) is 1.42. The van der Waals surface area contributed by atoms with Gasteiger partial charge in [0, 0.05) is 17.0 Å². The van der Waals surface area contributed by atoms with Gasteiger partial charge in [0.15, 0.2) is 11.6 Å². The molecule has 0 radical (unpaired) electrons. The topological polar surface area (TPSA) is 38.7 Å². The summed E-state index contributed by atoms with van der Waals surface area (Å²) in [5.41, 5.74) is -0.294. The van der Waals surface area contributed by atoms with Crippen LogP contribution in [0.1, 0.15) is 19.4 Å². The molecule has 0 saturated heterocycles. The van der Waals surface area contributed by atoms with Gasteiger partial charge in [-0.2, -0.15) is 0 Å². The Morgan fingerprint density at radius 2 is 1.88 bits per heavy atom. The highest BCUT2D eigenvalue weighted by molar-refractivity contribution is 5.43. The molecule has 1 N–H and O–H groups in total. The van der Waals surface area contributed by atoms with Crippen LogP contribution in [0.4, 0.5) is 4.39 Å². The van der Waals surface area contributed by atoms with Crippen LogP contribution in [-0.2, 0) is 5.41 Å². The molecular weight excluding hydrogens is 211 g/mol. The molecule has 16 heavy (non-hydrogen) atoms. The second kappa shape index (κ2) is 4.70. The summed E-state index contributed by atoms with van der Waals surface area (Å²) in [6.07, 6.45) is 0. The first kappa shape index (κ1) is 12.8. The molecule has 0 spiro atoms. The Morgan fingerprint density at radius 3 is 2.31 bits per heavy atom. The molecule has 0 aromatic heterocycles. The van der Waals surface area contributed by atoms with Crippen LogP contribution in [0.25, 0.3) is 0 Å². The molecule has 0 amide bonds. The van der Waals surface area contributed by atoms with Gasteiger partial charge in [-0.3, -0.25) is 0 Å². The van der Waals surface area contributed by atoms with E-state index in [0.717, 1.165) is 0 Å². The van der Waals surface area contributed by atoms with Gasteiger partial charge in [0.25, 0.3) is 0 Å². The summed E-state index contributed by atoms with van der Waals surface area (Å²) in [4.78, 5) is 0. The maximum absolute atomic E-state index is 14.0. The number of halogens is 1. The summed E-state index contributed by atoms with van der Waals surface area (Å²) >= 11 is 0. The van der Waals surface area contributed by atoms with Gasteiger partial charge >= 0.3 is 0 Å². The van der Waals surface area contributed by atoms with Crippen molar-refractivity contribution in [3.63, 3.8) is 0 Å². The van der Waals surface area contributed by atoms with Crippen molar-refractivity contribution in [3.8, 4) is 11.5 Å². The van der Waals surface area contributed by atoms with E-state index < -0.39 is 11.2 Å². The fourth-order valence-corrected chi connectivity index (χ4v) is 1.42. The number of rotatable bonds is 4. The van der Waals surface area contributed by atoms with Crippen LogP contribution in [0.5, 0.6) is 11.5 Å². The molecule has 0 unspecified atom stereocenters. The molecule has 0 bridgehead atoms. The van der Waals surface area contributed by atoms with Gasteiger partial charge in [-0.15, -0.1) is 0 Å². The third-order valence-electron chi connectivity index (χ3n) is 2.59. The molecule has 90 valence electrons. The standard InChI is InChI=1S/C12H17FO3/c1-12(2,7-14)9-5-8(15-3)6-10(16-4)11(9)13/h5-6,14H,7H2,1-4H3. The van der Waals surface area contributed by atoms with Crippen LogP contribution in [0, 0.1) is 5.82 Å². The van der Waals surface area contributed by atoms with Crippen molar-refractivity contribution >= 4 is 0 Å². The summed E-state index contributed by atoms with van der Waals surface area (Å²) in [5.74, 6) is 0.174. The van der Waals surface area contributed by atoms with Crippen LogP contribution < -0.4 is 9.47 Å². The minimum Gasteiger partial charge on any atom is -0.497 e. The molecule has 0 atom stereocenters. The van der Waals surface area contributed by atoms with Crippen LogP contribution in [0.2, 0.25) is 0 Å². The minimum absolute atomic E-state index is 0.121. The molecule has 0 aliphatic rings. The van der Waals surface area contributed by atoms with Crippen LogP contribution in [0.3, 0.4) is 0 Å². The highest BCUT2D eigenvalue weighted by Gasteiger charge is 2.26. The number of aliphatic hydroxyl groups is 1. The first-order chi connectivity index (χ1) is 7.46. The Bertz CT molecular complexity index is 375. The molecule has 1 rings (SSSR count). The van der Waals surface area contributed by atoms with E-state index in [1.54, 1.807) is 19.9 Å². The first-order valence-corrected chi connectivity index (χ1v) is 4.99. The molecule has 1 aromatic rings. The monoisotopic (exact) mass is 228 g/mol. The Balaban J connectivity index is 3.37. The summed E-state index contributed by atoms with van der Waals surface area (Å²) in [7, 11) is 2.90. The van der Waals surface area contributed by atoms with E-state index in [4.69, 9.17) is 9.47 Å². The Hall–Kier alpha value is -1.29. The molecule has 0 saturated carbocycles. The molecule has 0 aliphatic carbocycles. The lowest BCUT2D eigenvalue weighted by atomic mass is 9.85. The molecule has 0 heterocycles. The van der Waals surface area contributed by atoms with E-state index in [2.05, 4.69) is 0 Å². The number of ether oxygens (including phenoxy) is 2. The summed E-state index contributed by atoms with van der Waals surface area (Å²) in [6.45, 7) is 3.36. The Morgan fingerprint density at radius 1 is 1.25 bits per heavy atom. The van der Waals surface area contributed by atoms with Gasteiger partial charge in [-0.1, -0.05) is 13.8 Å². The van der Waals surface area contributed by atoms with Gasteiger partial charge in [-0.05, 0) is 6.07 Å². The second-order valence-electron chi connectivity index (χ2n) is 4.23. The van der Waals surface area contributed by atoms with Crippen molar-refractivity contribution in [2.24, 2.45) is 0 Å². The van der Waals surface area contributed by atoms with Crippen LogP contribution in [0.15, 0.2) is 12.1 Å². The van der Waals surface area contributed by atoms with Crippen molar-refractivity contribution in [2.75, 3.05) is 20.8 Å². The Kier molecular flexibility index (Phi) is 3.75. The predicted molar refractivity (Wildman–Crippen MR) is 59.6 cm³/mol. The summed E-state index contributed by atoms with van der Waals surface area (Å²) in [5, 5.41) is 9.25. The largest absolute Gasteiger partial charge is 0.497 e. The zero-order valence-corrected chi connectivity index (χ0v) is 10.0. The van der Waals surface area contributed by atoms with E-state index in [1.807, 2.05) is 0 Å². The normalized spacial score (nSPS) is 11.4. The van der Waals surface area contributed by atoms with Gasteiger partial charge in [-0.25, -0.2) is 4.39 Å². The number of hydrogen-bond donors (Lipinski definition) is 1. The lowest BCUT2D eigenvalue weighted by Gasteiger charge is -2.24. The van der Waals surface area contributed by atoms with E-state index in [1.165, 1.54) is 20.3 Å². The molecule has 1 aromatic carbocycles. The van der Waals surface area contributed by atoms with E-state index >= 15 is 0 Å². The summed E-state index contributed by atoms with van der Waals surface area (Å²) < 4.78 is 24.0. The highest BCUT2D eigenvalue weighted by atomic mass is 19.1. The average molecular weight is 228 g/mol. The average Bonchev–Trinajstić information content (AvgIpc) is 2.29. The van der Waals surface area contributed by atoms with Gasteiger partial charge in [0.2, 0.25) is 0 Å². The lowest BCUT2D eigenvalue weighted by molar-refractivity contribution is 0.213. The fraction of sp³-hybridized carbons (Fsp3) is 0.500. The molecular formula is C12H17FO3. The molecule has 3 nitrogen and oxygen atoms in total. The van der Waals surface area contributed by atoms with Gasteiger partial charge < -0.3 is 14.6 Å². The maximum Gasteiger partial charge on any atom is 0.169 e. The van der Waals surface area contributed by atoms with Crippen molar-refractivity contribution < 1.29 is 19.0 Å². The zero-order valence-electron chi connectivity index (χ0n) is 10.0. The highest BCUT2D eigenvalue weighted by Crippen LogP contribution is 2.34. The van der Waals surface area contributed by atoms with E-state index in [9.17, 15) is 9.50 Å². The number of hydrogen-bond acceptors (Lipinski definition) is 3. The Labute approximate surface area is 94.8 Å². The van der Waals surface area contributed by atoms with Crippen molar-refractivity contribution in [1.82, 2.24) is 0 Å². The third-order valence-corrected chi connectivity index (χ3v) is 2.59. The SMILES string of the molecule is COc1cc(OC)c(F)c(C(C)(C)CO)c1. The smallest absolute Gasteiger partial charge is 0.169 e. The molecule has 0 aliphatic heterocycles. The van der Waals surface area contributed by atoms with Crippen molar-refractivity contribution in [3.05, 3.63) is 23.5 Å². The summed E-state index contributed by atoms with van der Waals surface area (Å²) in [6, 6.07) is 3.06. The minimum atomic E-state index is -0.675. The lowest BCUT2D eigenvalue weighted by Crippen LogP contribution is -2.24. The van der Waals surface area contributed by atoms with E-state index in [-0.39, 0.29) is 12.4 Å². The number of aliphatic hydroxyl groups excluding tert-OH is 1. The zero-order chi connectivity index (χ0) is 12.3. The van der Waals surface area contributed by atoms with E-state index in [0.29, 0.717) is 11.3 Å². The first-order valence-electron chi connectivity index (χ1n) is 4.99. The maximum atomic E-state index is 14.0. The van der Waals surface area contributed by atoms with Gasteiger partial charge in [0.1, 0.15) is 5.75 Å². The quantitative estimate of drug-likeness (QED) is 0.857. The van der Waals surface area contributed by atoms with Crippen LogP contribution >= 0.6 is 0 Å². The molecule has 0 fully saturated rings. The van der Waals surface area contributed by atoms with Crippen molar-refractivity contribution in [2.45, 2.75) is 19.3 Å².